The van der Waals surface area contributed by atoms with Crippen molar-refractivity contribution in [3.63, 3.8) is 0 Å². The quantitative estimate of drug-likeness (QED) is 0.181. The summed E-state index contributed by atoms with van der Waals surface area (Å²) >= 11 is 3.81. The van der Waals surface area contributed by atoms with Crippen LogP contribution < -0.4 is 20.7 Å². The Morgan fingerprint density at radius 3 is 1.87 bits per heavy atom. The summed E-state index contributed by atoms with van der Waals surface area (Å²) in [7, 11) is 0. The minimum absolute atomic E-state index is 0.0724. The predicted molar refractivity (Wildman–Crippen MR) is 197 cm³/mol. The van der Waals surface area contributed by atoms with E-state index < -0.39 is 0 Å². The van der Waals surface area contributed by atoms with Crippen LogP contribution in [-0.2, 0) is 0 Å². The number of rotatable bonds is 3. The Morgan fingerprint density at radius 2 is 1.07 bits per heavy atom. The van der Waals surface area contributed by atoms with Crippen molar-refractivity contribution in [3.8, 4) is 5.69 Å². The Hall–Kier alpha value is -5.10. The Bertz CT molecular complexity index is 2560. The Kier molecular flexibility index (Phi) is 5.44. The number of hydrogen-bond acceptors (Lipinski definition) is 3. The lowest BCUT2D eigenvalue weighted by atomic mass is 9.39. The molecule has 4 heterocycles. The van der Waals surface area contributed by atoms with Crippen LogP contribution in [0.2, 0.25) is 0 Å². The number of benzene rings is 6. The molecular formula is C40H25BN2S2. The molecular weight excluding hydrogens is 583 g/mol. The van der Waals surface area contributed by atoms with E-state index in [9.17, 15) is 0 Å². The molecule has 0 saturated carbocycles. The van der Waals surface area contributed by atoms with Gasteiger partial charge in [0.15, 0.2) is 0 Å². The molecule has 45 heavy (non-hydrogen) atoms. The standard InChI is InChI=1S/C40H25BN2S2/c1-3-13-26(14-4-1)41-39-37(30-18-7-10-20-33(30)42(39)27-15-5-2-6-16-27)43(38-31-19-9-12-22-35(31)45-40(38)41)28-23-24-36-32(25-28)29-17-8-11-21-34(29)44-36/h1-25H. The fraction of sp³-hybridized carbons (Fsp3) is 0. The van der Waals surface area contributed by atoms with E-state index in [4.69, 9.17) is 0 Å². The monoisotopic (exact) mass is 608 g/mol. The van der Waals surface area contributed by atoms with Crippen LogP contribution in [0.1, 0.15) is 0 Å². The summed E-state index contributed by atoms with van der Waals surface area (Å²) in [6.07, 6.45) is 0. The molecule has 0 amide bonds. The summed E-state index contributed by atoms with van der Waals surface area (Å²) in [5.74, 6) is 0. The first-order valence-electron chi connectivity index (χ1n) is 15.3. The molecule has 0 spiro atoms. The molecule has 0 atom stereocenters. The molecule has 0 radical (unpaired) electrons. The summed E-state index contributed by atoms with van der Waals surface area (Å²) in [5, 5.41) is 5.19. The van der Waals surface area contributed by atoms with E-state index in [1.165, 1.54) is 79.7 Å². The highest BCUT2D eigenvalue weighted by Gasteiger charge is 2.42. The van der Waals surface area contributed by atoms with E-state index >= 15 is 0 Å². The summed E-state index contributed by atoms with van der Waals surface area (Å²) in [4.78, 5) is 2.58. The van der Waals surface area contributed by atoms with Crippen LogP contribution >= 0.6 is 22.7 Å². The van der Waals surface area contributed by atoms with Crippen molar-refractivity contribution in [2.75, 3.05) is 4.90 Å². The van der Waals surface area contributed by atoms with E-state index in [2.05, 4.69) is 161 Å². The van der Waals surface area contributed by atoms with Crippen molar-refractivity contribution in [2.45, 2.75) is 0 Å². The van der Waals surface area contributed by atoms with Crippen molar-refractivity contribution in [1.29, 1.82) is 0 Å². The van der Waals surface area contributed by atoms with Gasteiger partial charge in [0, 0.05) is 57.4 Å². The van der Waals surface area contributed by atoms with Crippen LogP contribution in [0, 0.1) is 0 Å². The number of hydrogen-bond donors (Lipinski definition) is 0. The van der Waals surface area contributed by atoms with Crippen molar-refractivity contribution < 1.29 is 0 Å². The molecule has 0 aliphatic carbocycles. The number of fused-ring (bicyclic) bond motifs is 9. The average Bonchev–Trinajstić information content (AvgIpc) is 3.78. The summed E-state index contributed by atoms with van der Waals surface area (Å²) in [6.45, 7) is 0.0724. The molecule has 1 aliphatic rings. The Morgan fingerprint density at radius 1 is 0.444 bits per heavy atom. The summed E-state index contributed by atoms with van der Waals surface area (Å²) < 4.78 is 7.86. The van der Waals surface area contributed by atoms with Crippen LogP contribution in [0.4, 0.5) is 17.1 Å². The zero-order valence-electron chi connectivity index (χ0n) is 24.2. The smallest absolute Gasteiger partial charge is 0.280 e. The topological polar surface area (TPSA) is 8.17 Å². The SMILES string of the molecule is c1ccc(B2c3sc4ccccc4c3N(c3ccc4sc5ccccc5c4c3)c3c2n(-c2ccccc2)c2ccccc32)cc1. The van der Waals surface area contributed by atoms with Crippen molar-refractivity contribution >= 4 is 103 Å². The van der Waals surface area contributed by atoms with Crippen LogP contribution in [0.15, 0.2) is 152 Å². The third-order valence-electron chi connectivity index (χ3n) is 9.23. The molecule has 0 saturated heterocycles. The molecule has 0 bridgehead atoms. The normalized spacial score (nSPS) is 12.8. The number of para-hydroxylation sites is 2. The molecule has 3 aromatic heterocycles. The van der Waals surface area contributed by atoms with Crippen molar-refractivity contribution in [1.82, 2.24) is 4.57 Å². The van der Waals surface area contributed by atoms with Crippen molar-refractivity contribution in [2.24, 2.45) is 0 Å². The summed E-state index contributed by atoms with van der Waals surface area (Å²) in [5.41, 5.74) is 8.78. The zero-order chi connectivity index (χ0) is 29.5. The molecule has 0 fully saturated rings. The van der Waals surface area contributed by atoms with Gasteiger partial charge in [0.2, 0.25) is 0 Å². The number of nitrogens with zero attached hydrogens (tertiary/aromatic N) is 2. The van der Waals surface area contributed by atoms with E-state index in [0.29, 0.717) is 0 Å². The second kappa shape index (κ2) is 9.70. The maximum absolute atomic E-state index is 2.58. The number of anilines is 3. The van der Waals surface area contributed by atoms with E-state index in [1.807, 2.05) is 22.7 Å². The van der Waals surface area contributed by atoms with Gasteiger partial charge in [-0.3, -0.25) is 0 Å². The van der Waals surface area contributed by atoms with Crippen LogP contribution in [0.25, 0.3) is 46.8 Å². The number of aromatic nitrogens is 1. The van der Waals surface area contributed by atoms with Crippen LogP contribution in [0.5, 0.6) is 0 Å². The van der Waals surface area contributed by atoms with Crippen molar-refractivity contribution in [3.05, 3.63) is 152 Å². The van der Waals surface area contributed by atoms with Gasteiger partial charge in [0.25, 0.3) is 6.71 Å². The first-order chi connectivity index (χ1) is 22.3. The predicted octanol–water partition coefficient (Wildman–Crippen LogP) is 9.51. The second-order valence-corrected chi connectivity index (χ2v) is 13.9. The maximum atomic E-state index is 2.58. The lowest BCUT2D eigenvalue weighted by molar-refractivity contribution is 1.16. The maximum Gasteiger partial charge on any atom is 0.280 e. The Balaban J connectivity index is 1.38. The fourth-order valence-corrected chi connectivity index (χ4v) is 9.79. The third kappa shape index (κ3) is 3.62. The lowest BCUT2D eigenvalue weighted by Crippen LogP contribution is -2.58. The molecule has 0 N–H and O–H groups in total. The van der Waals surface area contributed by atoms with Gasteiger partial charge in [-0.25, -0.2) is 0 Å². The molecule has 210 valence electrons. The molecule has 6 aromatic carbocycles. The third-order valence-corrected chi connectivity index (χ3v) is 11.6. The van der Waals surface area contributed by atoms with Gasteiger partial charge >= 0.3 is 0 Å². The molecule has 0 unspecified atom stereocenters. The minimum atomic E-state index is 0.0724. The molecule has 5 heteroatoms. The highest BCUT2D eigenvalue weighted by Crippen LogP contribution is 2.48. The zero-order valence-corrected chi connectivity index (χ0v) is 25.9. The van der Waals surface area contributed by atoms with Crippen LogP contribution in [-0.4, -0.2) is 11.3 Å². The average molecular weight is 609 g/mol. The molecule has 9 aromatic rings. The van der Waals surface area contributed by atoms with E-state index in [0.717, 1.165) is 0 Å². The van der Waals surface area contributed by atoms with Gasteiger partial charge in [-0.15, -0.1) is 22.7 Å². The van der Waals surface area contributed by atoms with Gasteiger partial charge in [0.05, 0.1) is 16.9 Å². The first kappa shape index (κ1) is 25.3. The molecule has 1 aliphatic heterocycles. The first-order valence-corrected chi connectivity index (χ1v) is 16.9. The van der Waals surface area contributed by atoms with E-state index in [-0.39, 0.29) is 6.71 Å². The second-order valence-electron chi connectivity index (χ2n) is 11.7. The van der Waals surface area contributed by atoms with Gasteiger partial charge in [-0.1, -0.05) is 109 Å². The highest BCUT2D eigenvalue weighted by atomic mass is 32.1. The van der Waals surface area contributed by atoms with Gasteiger partial charge < -0.3 is 9.47 Å². The molecule has 2 nitrogen and oxygen atoms in total. The van der Waals surface area contributed by atoms with Gasteiger partial charge in [-0.05, 0) is 48.5 Å². The lowest BCUT2D eigenvalue weighted by Gasteiger charge is -2.34. The van der Waals surface area contributed by atoms with E-state index in [1.54, 1.807) is 0 Å². The number of thiophene rings is 2. The van der Waals surface area contributed by atoms with Gasteiger partial charge in [-0.2, -0.15) is 0 Å². The minimum Gasteiger partial charge on any atom is -0.319 e. The van der Waals surface area contributed by atoms with Gasteiger partial charge in [0.1, 0.15) is 0 Å². The molecule has 10 rings (SSSR count). The highest BCUT2D eigenvalue weighted by molar-refractivity contribution is 7.33. The largest absolute Gasteiger partial charge is 0.319 e. The summed E-state index contributed by atoms with van der Waals surface area (Å²) in [6, 6.07) is 55.7. The van der Waals surface area contributed by atoms with Crippen LogP contribution in [0.3, 0.4) is 0 Å². The Labute approximate surface area is 269 Å². The fourth-order valence-electron chi connectivity index (χ4n) is 7.38.